The van der Waals surface area contributed by atoms with Crippen LogP contribution in [-0.4, -0.2) is 35.8 Å². The topological polar surface area (TPSA) is 102 Å². The van der Waals surface area contributed by atoms with Crippen molar-refractivity contribution in [3.63, 3.8) is 0 Å². The summed E-state index contributed by atoms with van der Waals surface area (Å²) in [5, 5.41) is 22.8. The average molecular weight is 294 g/mol. The number of carboxylic acid groups (broad SMARTS) is 1. The Morgan fingerprint density at radius 1 is 1.48 bits per heavy atom. The number of benzene rings is 1. The predicted octanol–water partition coefficient (Wildman–Crippen LogP) is 2.52. The van der Waals surface area contributed by atoms with Crippen LogP contribution in [-0.2, 0) is 4.74 Å². The molecule has 1 aromatic carbocycles. The monoisotopic (exact) mass is 294 g/mol. The van der Waals surface area contributed by atoms with Gasteiger partial charge in [-0.05, 0) is 37.3 Å². The largest absolute Gasteiger partial charge is 0.477 e. The van der Waals surface area contributed by atoms with Gasteiger partial charge in [0.05, 0.1) is 4.92 Å². The van der Waals surface area contributed by atoms with Crippen LogP contribution in [0.15, 0.2) is 18.2 Å². The number of rotatable bonds is 9. The number of hydrogen-bond donors (Lipinski definition) is 2. The fourth-order valence-electron chi connectivity index (χ4n) is 1.92. The minimum Gasteiger partial charge on any atom is -0.477 e. The molecule has 0 amide bonds. The summed E-state index contributed by atoms with van der Waals surface area (Å²) in [5.41, 5.74) is -0.156. The van der Waals surface area contributed by atoms with Gasteiger partial charge >= 0.3 is 5.97 Å². The number of ether oxygens (including phenoxy) is 1. The number of nitro groups is 1. The van der Waals surface area contributed by atoms with E-state index in [1.807, 2.05) is 0 Å². The maximum Gasteiger partial charge on any atom is 0.342 e. The molecule has 0 spiro atoms. The molecule has 1 fully saturated rings. The molecule has 0 heterocycles. The smallest absolute Gasteiger partial charge is 0.342 e. The molecule has 1 saturated carbocycles. The minimum atomic E-state index is -1.31. The SMILES string of the molecule is O=C(O)c1cc(NCCCOCC2CC2)ccc1[N+](=O)[O-]. The van der Waals surface area contributed by atoms with E-state index in [4.69, 9.17) is 9.84 Å². The van der Waals surface area contributed by atoms with E-state index in [2.05, 4.69) is 5.32 Å². The molecule has 0 saturated heterocycles. The van der Waals surface area contributed by atoms with E-state index >= 15 is 0 Å². The van der Waals surface area contributed by atoms with E-state index in [0.29, 0.717) is 18.8 Å². The van der Waals surface area contributed by atoms with Crippen molar-refractivity contribution in [3.8, 4) is 0 Å². The van der Waals surface area contributed by atoms with Crippen LogP contribution in [0.5, 0.6) is 0 Å². The van der Waals surface area contributed by atoms with E-state index in [1.165, 1.54) is 31.0 Å². The molecule has 0 aromatic heterocycles. The number of nitrogens with one attached hydrogen (secondary N) is 1. The first-order valence-electron chi connectivity index (χ1n) is 6.91. The summed E-state index contributed by atoms with van der Waals surface area (Å²) in [6.45, 7) is 2.10. The van der Waals surface area contributed by atoms with Gasteiger partial charge < -0.3 is 15.2 Å². The Morgan fingerprint density at radius 3 is 2.86 bits per heavy atom. The lowest BCUT2D eigenvalue weighted by Crippen LogP contribution is -2.08. The molecule has 21 heavy (non-hydrogen) atoms. The van der Waals surface area contributed by atoms with E-state index in [-0.39, 0.29) is 5.56 Å². The third kappa shape index (κ3) is 4.71. The number of anilines is 1. The van der Waals surface area contributed by atoms with Crippen molar-refractivity contribution >= 4 is 17.3 Å². The van der Waals surface area contributed by atoms with Crippen LogP contribution in [0.4, 0.5) is 11.4 Å². The fraction of sp³-hybridized carbons (Fsp3) is 0.500. The third-order valence-corrected chi connectivity index (χ3v) is 3.27. The summed E-state index contributed by atoms with van der Waals surface area (Å²) in [7, 11) is 0. The summed E-state index contributed by atoms with van der Waals surface area (Å²) in [6, 6.07) is 4.00. The Balaban J connectivity index is 1.80. The first-order chi connectivity index (χ1) is 10.1. The molecule has 0 aliphatic heterocycles. The molecule has 7 heteroatoms. The number of carbonyl (C=O) groups is 1. The summed E-state index contributed by atoms with van der Waals surface area (Å²) in [6.07, 6.45) is 3.32. The first kappa shape index (κ1) is 15.2. The van der Waals surface area contributed by atoms with Gasteiger partial charge in [0.15, 0.2) is 0 Å². The second-order valence-corrected chi connectivity index (χ2v) is 5.09. The van der Waals surface area contributed by atoms with Crippen molar-refractivity contribution in [1.29, 1.82) is 0 Å². The Hall–Kier alpha value is -2.15. The molecule has 0 unspecified atom stereocenters. The fourth-order valence-corrected chi connectivity index (χ4v) is 1.92. The van der Waals surface area contributed by atoms with Crippen molar-refractivity contribution in [3.05, 3.63) is 33.9 Å². The van der Waals surface area contributed by atoms with E-state index in [0.717, 1.165) is 18.9 Å². The Morgan fingerprint density at radius 2 is 2.24 bits per heavy atom. The summed E-state index contributed by atoms with van der Waals surface area (Å²) in [4.78, 5) is 21.1. The van der Waals surface area contributed by atoms with Crippen molar-refractivity contribution in [2.75, 3.05) is 25.1 Å². The average Bonchev–Trinajstić information content (AvgIpc) is 3.26. The van der Waals surface area contributed by atoms with Gasteiger partial charge in [-0.25, -0.2) is 4.79 Å². The lowest BCUT2D eigenvalue weighted by Gasteiger charge is -2.08. The van der Waals surface area contributed by atoms with Gasteiger partial charge in [0.25, 0.3) is 5.69 Å². The van der Waals surface area contributed by atoms with Crippen molar-refractivity contribution < 1.29 is 19.6 Å². The van der Waals surface area contributed by atoms with Gasteiger partial charge in [-0.2, -0.15) is 0 Å². The highest BCUT2D eigenvalue weighted by Crippen LogP contribution is 2.28. The maximum atomic E-state index is 11.0. The number of carboxylic acids is 1. The van der Waals surface area contributed by atoms with E-state index < -0.39 is 16.6 Å². The Labute approximate surface area is 122 Å². The number of nitro benzene ring substituents is 1. The second-order valence-electron chi connectivity index (χ2n) is 5.09. The lowest BCUT2D eigenvalue weighted by atomic mass is 10.1. The van der Waals surface area contributed by atoms with Gasteiger partial charge in [-0.15, -0.1) is 0 Å². The van der Waals surface area contributed by atoms with Gasteiger partial charge in [0.1, 0.15) is 5.56 Å². The molecule has 7 nitrogen and oxygen atoms in total. The Bertz CT molecular complexity index is 528. The molecule has 0 bridgehead atoms. The molecule has 1 aliphatic carbocycles. The van der Waals surface area contributed by atoms with Crippen molar-refractivity contribution in [2.45, 2.75) is 19.3 Å². The molecule has 1 aromatic rings. The third-order valence-electron chi connectivity index (χ3n) is 3.27. The molecular formula is C14H18N2O5. The lowest BCUT2D eigenvalue weighted by molar-refractivity contribution is -0.385. The normalized spacial score (nSPS) is 13.9. The van der Waals surface area contributed by atoms with Crippen molar-refractivity contribution in [2.24, 2.45) is 5.92 Å². The standard InChI is InChI=1S/C14H18N2O5/c17-14(18)12-8-11(4-5-13(12)16(19)20)15-6-1-7-21-9-10-2-3-10/h4-5,8,10,15H,1-3,6-7,9H2,(H,17,18). The molecular weight excluding hydrogens is 276 g/mol. The summed E-state index contributed by atoms with van der Waals surface area (Å²) in [5.74, 6) is -0.566. The maximum absolute atomic E-state index is 11.0. The van der Waals surface area contributed by atoms with Crippen LogP contribution in [0.25, 0.3) is 0 Å². The van der Waals surface area contributed by atoms with Crippen LogP contribution in [0, 0.1) is 16.0 Å². The van der Waals surface area contributed by atoms with E-state index in [1.54, 1.807) is 0 Å². The highest BCUT2D eigenvalue weighted by Gasteiger charge is 2.21. The molecule has 1 aliphatic rings. The van der Waals surface area contributed by atoms with Crippen LogP contribution in [0.3, 0.4) is 0 Å². The molecule has 2 rings (SSSR count). The zero-order chi connectivity index (χ0) is 15.2. The first-order valence-corrected chi connectivity index (χ1v) is 6.91. The quantitative estimate of drug-likeness (QED) is 0.412. The second kappa shape index (κ2) is 7.03. The minimum absolute atomic E-state index is 0.310. The summed E-state index contributed by atoms with van der Waals surface area (Å²) < 4.78 is 5.48. The zero-order valence-electron chi connectivity index (χ0n) is 11.6. The van der Waals surface area contributed by atoms with Crippen LogP contribution in [0.1, 0.15) is 29.6 Å². The number of nitrogens with zero attached hydrogens (tertiary/aromatic N) is 1. The van der Waals surface area contributed by atoms with Gasteiger partial charge in [-0.3, -0.25) is 10.1 Å². The van der Waals surface area contributed by atoms with Crippen LogP contribution >= 0.6 is 0 Å². The molecule has 114 valence electrons. The van der Waals surface area contributed by atoms with E-state index in [9.17, 15) is 14.9 Å². The number of aromatic carboxylic acids is 1. The zero-order valence-corrected chi connectivity index (χ0v) is 11.6. The van der Waals surface area contributed by atoms with Crippen LogP contribution in [0.2, 0.25) is 0 Å². The van der Waals surface area contributed by atoms with Gasteiger partial charge in [-0.1, -0.05) is 0 Å². The predicted molar refractivity (Wildman–Crippen MR) is 76.7 cm³/mol. The van der Waals surface area contributed by atoms with Gasteiger partial charge in [0.2, 0.25) is 0 Å². The van der Waals surface area contributed by atoms with Crippen molar-refractivity contribution in [1.82, 2.24) is 0 Å². The van der Waals surface area contributed by atoms with Gasteiger partial charge in [0, 0.05) is 31.5 Å². The molecule has 0 atom stereocenters. The van der Waals surface area contributed by atoms with Crippen LogP contribution < -0.4 is 5.32 Å². The molecule has 0 radical (unpaired) electrons. The Kier molecular flexibility index (Phi) is 5.10. The molecule has 2 N–H and O–H groups in total. The summed E-state index contributed by atoms with van der Waals surface area (Å²) >= 11 is 0. The highest BCUT2D eigenvalue weighted by atomic mass is 16.6. The number of hydrogen-bond acceptors (Lipinski definition) is 5. The highest BCUT2D eigenvalue weighted by molar-refractivity contribution is 5.93.